The first kappa shape index (κ1) is 13.5. The average molecular weight is 267 g/mol. The molecule has 0 saturated carbocycles. The van der Waals surface area contributed by atoms with Crippen molar-refractivity contribution in [3.8, 4) is 5.75 Å². The second-order valence-corrected chi connectivity index (χ2v) is 4.12. The number of anilines is 1. The molecule has 0 radical (unpaired) electrons. The van der Waals surface area contributed by atoms with Gasteiger partial charge < -0.3 is 10.4 Å². The van der Waals surface area contributed by atoms with E-state index in [1.165, 1.54) is 18.2 Å². The molecule has 0 aliphatic heterocycles. The monoisotopic (exact) mass is 267 g/mol. The van der Waals surface area contributed by atoms with Gasteiger partial charge in [-0.15, -0.1) is 0 Å². The molecule has 0 fully saturated rings. The second kappa shape index (κ2) is 5.84. The van der Waals surface area contributed by atoms with E-state index in [9.17, 15) is 14.7 Å². The number of phenols is 1. The molecule has 0 aliphatic rings. The van der Waals surface area contributed by atoms with Gasteiger partial charge in [-0.25, -0.2) is 0 Å². The fourth-order valence-corrected chi connectivity index (χ4v) is 1.76. The Hall–Kier alpha value is -2.88. The Bertz CT molecular complexity index is 663. The Morgan fingerprint density at radius 3 is 2.45 bits per heavy atom. The molecule has 2 aromatic carbocycles. The van der Waals surface area contributed by atoms with Gasteiger partial charge in [-0.2, -0.15) is 0 Å². The molecule has 0 unspecified atom stereocenters. The summed E-state index contributed by atoms with van der Waals surface area (Å²) in [6.45, 7) is 3.35. The first-order chi connectivity index (χ1) is 9.61. The number of ketones is 1. The molecule has 100 valence electrons. The van der Waals surface area contributed by atoms with Crippen molar-refractivity contribution in [1.29, 1.82) is 0 Å². The number of amides is 1. The Balaban J connectivity index is 2.43. The number of hydrogen-bond acceptors (Lipinski definition) is 3. The third-order valence-electron chi connectivity index (χ3n) is 2.73. The van der Waals surface area contributed by atoms with Crippen LogP contribution in [-0.4, -0.2) is 16.8 Å². The summed E-state index contributed by atoms with van der Waals surface area (Å²) in [5.74, 6) is -0.711. The van der Waals surface area contributed by atoms with Crippen molar-refractivity contribution in [2.45, 2.75) is 0 Å². The largest absolute Gasteiger partial charge is 0.508 e. The molecule has 0 heterocycles. The van der Waals surface area contributed by atoms with Crippen molar-refractivity contribution in [1.82, 2.24) is 0 Å². The quantitative estimate of drug-likeness (QED) is 0.661. The van der Waals surface area contributed by atoms with Crippen LogP contribution in [0.2, 0.25) is 0 Å². The lowest BCUT2D eigenvalue weighted by Crippen LogP contribution is -2.12. The summed E-state index contributed by atoms with van der Waals surface area (Å²) < 4.78 is 0. The lowest BCUT2D eigenvalue weighted by atomic mass is 10.0. The highest BCUT2D eigenvalue weighted by atomic mass is 16.3. The van der Waals surface area contributed by atoms with Crippen LogP contribution in [0.5, 0.6) is 5.75 Å². The van der Waals surface area contributed by atoms with E-state index in [0.29, 0.717) is 11.1 Å². The number of carbonyl (C=O) groups is 2. The molecule has 0 bridgehead atoms. The van der Waals surface area contributed by atoms with Crippen molar-refractivity contribution >= 4 is 17.4 Å². The van der Waals surface area contributed by atoms with Crippen LogP contribution in [0.1, 0.15) is 15.9 Å². The predicted octanol–water partition coefficient (Wildman–Crippen LogP) is 2.75. The Kier molecular flexibility index (Phi) is 3.96. The summed E-state index contributed by atoms with van der Waals surface area (Å²) in [5, 5.41) is 12.0. The minimum atomic E-state index is -0.447. The van der Waals surface area contributed by atoms with E-state index >= 15 is 0 Å². The van der Waals surface area contributed by atoms with Crippen LogP contribution in [0.3, 0.4) is 0 Å². The number of aromatic hydroxyl groups is 1. The van der Waals surface area contributed by atoms with E-state index < -0.39 is 5.91 Å². The van der Waals surface area contributed by atoms with Gasteiger partial charge in [0, 0.05) is 17.2 Å². The minimum absolute atomic E-state index is 0.0334. The van der Waals surface area contributed by atoms with E-state index in [4.69, 9.17) is 0 Å². The van der Waals surface area contributed by atoms with Gasteiger partial charge in [0.25, 0.3) is 0 Å². The smallest absolute Gasteiger partial charge is 0.247 e. The number of hydrogen-bond donors (Lipinski definition) is 2. The van der Waals surface area contributed by atoms with E-state index in [-0.39, 0.29) is 17.2 Å². The number of carbonyl (C=O) groups excluding carboxylic acids is 2. The summed E-state index contributed by atoms with van der Waals surface area (Å²) in [6.07, 6.45) is 1.10. The fourth-order valence-electron chi connectivity index (χ4n) is 1.76. The molecule has 0 atom stereocenters. The number of rotatable bonds is 4. The average Bonchev–Trinajstić information content (AvgIpc) is 2.47. The van der Waals surface area contributed by atoms with Gasteiger partial charge in [-0.3, -0.25) is 9.59 Å². The molecule has 2 rings (SSSR count). The predicted molar refractivity (Wildman–Crippen MR) is 76.8 cm³/mol. The van der Waals surface area contributed by atoms with Crippen molar-refractivity contribution < 1.29 is 14.7 Å². The minimum Gasteiger partial charge on any atom is -0.508 e. The van der Waals surface area contributed by atoms with E-state index in [1.807, 2.05) is 6.07 Å². The van der Waals surface area contributed by atoms with Gasteiger partial charge >= 0.3 is 0 Å². The summed E-state index contributed by atoms with van der Waals surface area (Å²) in [6, 6.07) is 12.9. The lowest BCUT2D eigenvalue weighted by molar-refractivity contribution is -0.111. The normalized spacial score (nSPS) is 9.80. The number of phenolic OH excluding ortho intramolecular Hbond substituents is 1. The molecule has 20 heavy (non-hydrogen) atoms. The standard InChI is InChI=1S/C16H13NO3/c1-2-15(19)17-14-10-12(18)8-9-13(14)16(20)11-6-4-3-5-7-11/h2-10,18H,1H2,(H,17,19). The summed E-state index contributed by atoms with van der Waals surface area (Å²) >= 11 is 0. The summed E-state index contributed by atoms with van der Waals surface area (Å²) in [4.78, 5) is 23.8. The maximum atomic E-state index is 12.4. The van der Waals surface area contributed by atoms with Crippen LogP contribution in [0.4, 0.5) is 5.69 Å². The molecule has 1 amide bonds. The first-order valence-corrected chi connectivity index (χ1v) is 5.98. The van der Waals surface area contributed by atoms with Crippen LogP contribution in [0.25, 0.3) is 0 Å². The third-order valence-corrected chi connectivity index (χ3v) is 2.73. The van der Waals surface area contributed by atoms with Gasteiger partial charge in [0.15, 0.2) is 5.78 Å². The number of benzene rings is 2. The summed E-state index contributed by atoms with van der Waals surface area (Å²) in [5.41, 5.74) is 1.07. The molecule has 0 aliphatic carbocycles. The Labute approximate surface area is 116 Å². The Morgan fingerprint density at radius 1 is 1.10 bits per heavy atom. The molecular formula is C16H13NO3. The zero-order valence-electron chi connectivity index (χ0n) is 10.7. The van der Waals surface area contributed by atoms with Crippen molar-refractivity contribution in [3.63, 3.8) is 0 Å². The van der Waals surface area contributed by atoms with Gasteiger partial charge in [0.1, 0.15) is 5.75 Å². The van der Waals surface area contributed by atoms with Crippen LogP contribution in [-0.2, 0) is 4.79 Å². The Morgan fingerprint density at radius 2 is 1.80 bits per heavy atom. The molecule has 0 spiro atoms. The molecule has 4 nitrogen and oxygen atoms in total. The highest BCUT2D eigenvalue weighted by molar-refractivity contribution is 6.14. The highest BCUT2D eigenvalue weighted by Crippen LogP contribution is 2.24. The van der Waals surface area contributed by atoms with Gasteiger partial charge in [-0.05, 0) is 18.2 Å². The van der Waals surface area contributed by atoms with Crippen LogP contribution in [0, 0.1) is 0 Å². The fraction of sp³-hybridized carbons (Fsp3) is 0. The molecule has 2 N–H and O–H groups in total. The molecule has 2 aromatic rings. The van der Waals surface area contributed by atoms with Gasteiger partial charge in [0.05, 0.1) is 5.69 Å². The van der Waals surface area contributed by atoms with E-state index in [0.717, 1.165) is 6.08 Å². The third kappa shape index (κ3) is 2.92. The first-order valence-electron chi connectivity index (χ1n) is 5.98. The SMILES string of the molecule is C=CC(=O)Nc1cc(O)ccc1C(=O)c1ccccc1. The molecule has 0 saturated heterocycles. The zero-order valence-corrected chi connectivity index (χ0v) is 10.7. The van der Waals surface area contributed by atoms with Crippen LogP contribution >= 0.6 is 0 Å². The molecule has 0 aromatic heterocycles. The van der Waals surface area contributed by atoms with Gasteiger partial charge in [-0.1, -0.05) is 36.9 Å². The van der Waals surface area contributed by atoms with Crippen molar-refractivity contribution in [2.75, 3.05) is 5.32 Å². The van der Waals surface area contributed by atoms with E-state index in [1.54, 1.807) is 24.3 Å². The van der Waals surface area contributed by atoms with Crippen LogP contribution < -0.4 is 5.32 Å². The summed E-state index contributed by atoms with van der Waals surface area (Å²) in [7, 11) is 0. The maximum Gasteiger partial charge on any atom is 0.247 e. The highest BCUT2D eigenvalue weighted by Gasteiger charge is 2.15. The van der Waals surface area contributed by atoms with Crippen molar-refractivity contribution in [3.05, 3.63) is 72.3 Å². The number of nitrogens with one attached hydrogen (secondary N) is 1. The maximum absolute atomic E-state index is 12.4. The van der Waals surface area contributed by atoms with Crippen molar-refractivity contribution in [2.24, 2.45) is 0 Å². The van der Waals surface area contributed by atoms with Crippen LogP contribution in [0.15, 0.2) is 61.2 Å². The van der Waals surface area contributed by atoms with Gasteiger partial charge in [0.2, 0.25) is 5.91 Å². The lowest BCUT2D eigenvalue weighted by Gasteiger charge is -2.10. The molecular weight excluding hydrogens is 254 g/mol. The topological polar surface area (TPSA) is 66.4 Å². The second-order valence-electron chi connectivity index (χ2n) is 4.12. The zero-order chi connectivity index (χ0) is 14.5. The van der Waals surface area contributed by atoms with E-state index in [2.05, 4.69) is 11.9 Å². The molecule has 4 heteroatoms.